The van der Waals surface area contributed by atoms with Crippen LogP contribution >= 0.6 is 11.3 Å². The van der Waals surface area contributed by atoms with Gasteiger partial charge in [-0.05, 0) is 43.5 Å². The maximum Gasteiger partial charge on any atom is 0.242 e. The maximum absolute atomic E-state index is 12.8. The second-order valence-corrected chi connectivity index (χ2v) is 11.9. The number of morpholine rings is 1. The van der Waals surface area contributed by atoms with E-state index in [0.717, 1.165) is 50.5 Å². The maximum atomic E-state index is 12.8. The fourth-order valence-electron chi connectivity index (χ4n) is 5.53. The molecule has 228 valence electrons. The number of fused-ring (bicyclic) bond motifs is 2. The Morgan fingerprint density at radius 2 is 2.00 bits per heavy atom. The normalized spacial score (nSPS) is 15.7. The van der Waals surface area contributed by atoms with E-state index in [4.69, 9.17) is 14.7 Å². The molecule has 6 rings (SSSR count). The largest absolute Gasteiger partial charge is 0.378 e. The molecule has 0 spiro atoms. The molecule has 0 unspecified atom stereocenters. The van der Waals surface area contributed by atoms with E-state index >= 15 is 0 Å². The summed E-state index contributed by atoms with van der Waals surface area (Å²) in [6, 6.07) is 8.13. The van der Waals surface area contributed by atoms with E-state index in [1.165, 1.54) is 11.6 Å². The molecule has 12 heteroatoms. The van der Waals surface area contributed by atoms with Crippen LogP contribution in [0.1, 0.15) is 37.5 Å². The number of allylic oxidation sites excluding steroid dienone is 2. The van der Waals surface area contributed by atoms with E-state index in [0.29, 0.717) is 51.4 Å². The number of benzene rings is 1. The van der Waals surface area contributed by atoms with Crippen LogP contribution in [0.4, 0.5) is 5.82 Å². The molecule has 0 aliphatic carbocycles. The highest BCUT2D eigenvalue weighted by molar-refractivity contribution is 7.20. The Morgan fingerprint density at radius 3 is 2.80 bits per heavy atom. The van der Waals surface area contributed by atoms with Crippen molar-refractivity contribution >= 4 is 61.4 Å². The van der Waals surface area contributed by atoms with Gasteiger partial charge in [0.15, 0.2) is 17.4 Å². The predicted molar refractivity (Wildman–Crippen MR) is 171 cm³/mol. The standard InChI is InChI=1S/C32H35N7O4S/c1-2-5-22(40)6-3-9-28(41)33-20-29(42)38-12-10-21(11-13-38)27-18-26-30(44-27)32(39-14-16-43-17-15-39)36-31(35-26)23-7-4-8-25-24(23)19-34-37-25/h2,4-5,7-8,10,18-19H,3,6,9,11-17,20H2,1H3,(H,33,41)(H,34,37)/b5-2+. The van der Waals surface area contributed by atoms with Crippen LogP contribution in [0.25, 0.3) is 38.1 Å². The lowest BCUT2D eigenvalue weighted by Gasteiger charge is -2.28. The van der Waals surface area contributed by atoms with Gasteiger partial charge in [-0.2, -0.15) is 5.10 Å². The van der Waals surface area contributed by atoms with Crippen LogP contribution in [-0.4, -0.2) is 88.6 Å². The van der Waals surface area contributed by atoms with Crippen LogP contribution in [0, 0.1) is 0 Å². The number of amides is 2. The number of carbonyl (C=O) groups is 3. The van der Waals surface area contributed by atoms with Crippen molar-refractivity contribution in [2.24, 2.45) is 0 Å². The van der Waals surface area contributed by atoms with Crippen molar-refractivity contribution in [1.29, 1.82) is 0 Å². The summed E-state index contributed by atoms with van der Waals surface area (Å²) in [5.74, 6) is 1.25. The Hall–Kier alpha value is -4.42. The number of thiophene rings is 1. The van der Waals surface area contributed by atoms with Crippen LogP contribution in [0.2, 0.25) is 0 Å². The Morgan fingerprint density at radius 1 is 1.14 bits per heavy atom. The lowest BCUT2D eigenvalue weighted by Crippen LogP contribution is -2.42. The van der Waals surface area contributed by atoms with Gasteiger partial charge in [0.05, 0.1) is 41.7 Å². The number of H-pyrrole nitrogens is 1. The molecule has 2 aliphatic rings. The second-order valence-electron chi connectivity index (χ2n) is 10.8. The SMILES string of the molecule is C/C=C/C(=O)CCCC(=O)NCC(=O)N1CC=C(c2cc3nc(-c4cccc5[nH]ncc45)nc(N4CCOCC4)c3s2)CC1. The molecule has 0 saturated carbocycles. The molecule has 44 heavy (non-hydrogen) atoms. The number of nitrogens with one attached hydrogen (secondary N) is 2. The van der Waals surface area contributed by atoms with Gasteiger partial charge in [0.2, 0.25) is 11.8 Å². The number of aromatic amines is 1. The Kier molecular flexibility index (Phi) is 9.08. The molecule has 1 aromatic carbocycles. The third-order valence-electron chi connectivity index (χ3n) is 7.88. The summed E-state index contributed by atoms with van der Waals surface area (Å²) in [5.41, 5.74) is 3.94. The first-order valence-electron chi connectivity index (χ1n) is 15.0. The van der Waals surface area contributed by atoms with Gasteiger partial charge in [0, 0.05) is 54.8 Å². The summed E-state index contributed by atoms with van der Waals surface area (Å²) < 4.78 is 6.66. The lowest BCUT2D eigenvalue weighted by molar-refractivity contribution is -0.132. The van der Waals surface area contributed by atoms with E-state index in [1.807, 2.05) is 24.4 Å². The molecule has 1 fully saturated rings. The first-order valence-corrected chi connectivity index (χ1v) is 15.8. The summed E-state index contributed by atoms with van der Waals surface area (Å²) in [7, 11) is 0. The number of ether oxygens (including phenoxy) is 1. The molecule has 0 radical (unpaired) electrons. The number of hydrogen-bond donors (Lipinski definition) is 2. The van der Waals surface area contributed by atoms with Crippen molar-refractivity contribution in [3.05, 3.63) is 53.6 Å². The van der Waals surface area contributed by atoms with Gasteiger partial charge < -0.3 is 19.9 Å². The molecule has 1 saturated heterocycles. The average molecular weight is 614 g/mol. The predicted octanol–water partition coefficient (Wildman–Crippen LogP) is 4.12. The molecule has 0 atom stereocenters. The zero-order valence-corrected chi connectivity index (χ0v) is 25.5. The van der Waals surface area contributed by atoms with Crippen molar-refractivity contribution in [2.45, 2.75) is 32.6 Å². The first-order chi connectivity index (χ1) is 21.5. The van der Waals surface area contributed by atoms with Crippen LogP contribution in [0.5, 0.6) is 0 Å². The van der Waals surface area contributed by atoms with Gasteiger partial charge in [-0.1, -0.05) is 24.3 Å². The third-order valence-corrected chi connectivity index (χ3v) is 9.08. The zero-order chi connectivity index (χ0) is 30.5. The second kappa shape index (κ2) is 13.5. The summed E-state index contributed by atoms with van der Waals surface area (Å²) in [6.07, 6.45) is 8.83. The topological polar surface area (TPSA) is 133 Å². The molecule has 2 aliphatic heterocycles. The highest BCUT2D eigenvalue weighted by atomic mass is 32.1. The minimum absolute atomic E-state index is 0.00242. The number of hydrogen-bond acceptors (Lipinski definition) is 9. The summed E-state index contributed by atoms with van der Waals surface area (Å²) in [4.78, 5) is 51.8. The van der Waals surface area contributed by atoms with Gasteiger partial charge in [0.25, 0.3) is 0 Å². The molecule has 2 amide bonds. The van der Waals surface area contributed by atoms with E-state index < -0.39 is 0 Å². The van der Waals surface area contributed by atoms with Crippen LogP contribution in [-0.2, 0) is 19.1 Å². The monoisotopic (exact) mass is 613 g/mol. The van der Waals surface area contributed by atoms with Crippen molar-refractivity contribution in [3.63, 3.8) is 0 Å². The van der Waals surface area contributed by atoms with Crippen LogP contribution in [0.15, 0.2) is 48.7 Å². The fraction of sp³-hybridized carbons (Fsp3) is 0.375. The van der Waals surface area contributed by atoms with Gasteiger partial charge in [-0.3, -0.25) is 19.5 Å². The quantitative estimate of drug-likeness (QED) is 0.255. The van der Waals surface area contributed by atoms with Crippen molar-refractivity contribution in [2.75, 3.05) is 50.8 Å². The van der Waals surface area contributed by atoms with Gasteiger partial charge >= 0.3 is 0 Å². The summed E-state index contributed by atoms with van der Waals surface area (Å²) >= 11 is 1.69. The van der Waals surface area contributed by atoms with Crippen molar-refractivity contribution < 1.29 is 19.1 Å². The summed E-state index contributed by atoms with van der Waals surface area (Å²) in [5, 5.41) is 10.9. The highest BCUT2D eigenvalue weighted by Gasteiger charge is 2.24. The molecule has 5 heterocycles. The smallest absolute Gasteiger partial charge is 0.242 e. The molecule has 3 aromatic heterocycles. The zero-order valence-electron chi connectivity index (χ0n) is 24.7. The van der Waals surface area contributed by atoms with Crippen molar-refractivity contribution in [3.8, 4) is 11.4 Å². The Bertz CT molecular complexity index is 1750. The first kappa shape index (κ1) is 29.6. The number of rotatable bonds is 10. The summed E-state index contributed by atoms with van der Waals surface area (Å²) in [6.45, 7) is 5.63. The average Bonchev–Trinajstić information content (AvgIpc) is 3.71. The molecule has 2 N–H and O–H groups in total. The van der Waals surface area contributed by atoms with E-state index in [-0.39, 0.29) is 30.6 Å². The molecular weight excluding hydrogens is 578 g/mol. The number of ketones is 1. The van der Waals surface area contributed by atoms with Crippen LogP contribution in [0.3, 0.4) is 0 Å². The van der Waals surface area contributed by atoms with Gasteiger partial charge in [-0.25, -0.2) is 9.97 Å². The minimum atomic E-state index is -0.217. The molecule has 4 aromatic rings. The van der Waals surface area contributed by atoms with Crippen molar-refractivity contribution in [1.82, 2.24) is 30.4 Å². The fourth-order valence-corrected chi connectivity index (χ4v) is 6.71. The lowest BCUT2D eigenvalue weighted by atomic mass is 10.1. The van der Waals surface area contributed by atoms with E-state index in [2.05, 4.69) is 32.6 Å². The minimum Gasteiger partial charge on any atom is -0.378 e. The Labute approximate surface area is 259 Å². The molecular formula is C32H35N7O4S. The molecule has 0 bridgehead atoms. The highest BCUT2D eigenvalue weighted by Crippen LogP contribution is 2.39. The molecule has 11 nitrogen and oxygen atoms in total. The number of carbonyl (C=O) groups excluding carboxylic acids is 3. The third kappa shape index (κ3) is 6.56. The number of anilines is 1. The van der Waals surface area contributed by atoms with Gasteiger partial charge in [0.1, 0.15) is 0 Å². The van der Waals surface area contributed by atoms with Crippen LogP contribution < -0.4 is 10.2 Å². The van der Waals surface area contributed by atoms with E-state index in [9.17, 15) is 14.4 Å². The number of nitrogens with zero attached hydrogens (tertiary/aromatic N) is 5. The Balaban J connectivity index is 1.16. The van der Waals surface area contributed by atoms with Gasteiger partial charge in [-0.15, -0.1) is 11.3 Å². The number of aromatic nitrogens is 4. The van der Waals surface area contributed by atoms with E-state index in [1.54, 1.807) is 29.2 Å².